The number of hydrogen-bond acceptors (Lipinski definition) is 1. The number of anilines is 3. The minimum absolute atomic E-state index is 0.0755. The number of nitrogens with zero attached hydrogens (tertiary/aromatic N) is 1. The van der Waals surface area contributed by atoms with Crippen LogP contribution in [0.1, 0.15) is 181 Å². The van der Waals surface area contributed by atoms with Crippen LogP contribution >= 0.6 is 0 Å². The predicted molar refractivity (Wildman–Crippen MR) is 259 cm³/mol. The molecule has 0 amide bonds. The molecule has 0 saturated heterocycles. The fourth-order valence-corrected chi connectivity index (χ4v) is 13.1. The summed E-state index contributed by atoms with van der Waals surface area (Å²) in [5.41, 5.74) is 22.8. The summed E-state index contributed by atoms with van der Waals surface area (Å²) < 4.78 is 0. The van der Waals surface area contributed by atoms with E-state index in [1.807, 2.05) is 0 Å². The summed E-state index contributed by atoms with van der Waals surface area (Å²) in [6.45, 7) is 9.63. The van der Waals surface area contributed by atoms with Gasteiger partial charge in [0.2, 0.25) is 0 Å². The first-order valence-corrected chi connectivity index (χ1v) is 24.3. The molecule has 0 radical (unpaired) electrons. The van der Waals surface area contributed by atoms with E-state index in [0.717, 1.165) is 5.92 Å². The van der Waals surface area contributed by atoms with Crippen LogP contribution in [-0.2, 0) is 10.8 Å². The fourth-order valence-electron chi connectivity index (χ4n) is 13.1. The lowest BCUT2D eigenvalue weighted by Crippen LogP contribution is -2.17. The summed E-state index contributed by atoms with van der Waals surface area (Å²) >= 11 is 0. The maximum absolute atomic E-state index is 2.75. The third-order valence-corrected chi connectivity index (χ3v) is 16.5. The Hall–Kier alpha value is -4.88. The van der Waals surface area contributed by atoms with Gasteiger partial charge in [0.15, 0.2) is 0 Å². The van der Waals surface area contributed by atoms with E-state index in [2.05, 4.69) is 154 Å². The lowest BCUT2D eigenvalue weighted by molar-refractivity contribution is 0.428. The van der Waals surface area contributed by atoms with E-state index in [4.69, 9.17) is 0 Å². The molecule has 0 aliphatic heterocycles. The molecule has 0 N–H and O–H groups in total. The standard InChI is InChI=1S/C60H65N/c1-59(2)53-28-17-15-26-49(53)58-54(59)29-18-30-56(58)61(46-35-36-48-47-25-14-16-27-52(47)60(3,4)55(48)39-46)45-33-31-43(32-34-45)57-50(41-21-10-6-11-22-41)37-44(40-19-8-5-9-20-40)38-51(57)42-23-12-7-13-24-42/h14-18,25-42H,5-13,19-24H2,1-4H3. The van der Waals surface area contributed by atoms with Gasteiger partial charge >= 0.3 is 0 Å². The highest BCUT2D eigenvalue weighted by Gasteiger charge is 2.39. The summed E-state index contributed by atoms with van der Waals surface area (Å²) in [5, 5.41) is 0. The topological polar surface area (TPSA) is 3.24 Å². The Kier molecular flexibility index (Phi) is 9.90. The van der Waals surface area contributed by atoms with Crippen molar-refractivity contribution >= 4 is 17.1 Å². The van der Waals surface area contributed by atoms with E-state index < -0.39 is 0 Å². The van der Waals surface area contributed by atoms with Crippen molar-refractivity contribution < 1.29 is 0 Å². The van der Waals surface area contributed by atoms with Crippen LogP contribution in [-0.4, -0.2) is 0 Å². The summed E-state index contributed by atoms with van der Waals surface area (Å²) in [4.78, 5) is 2.59. The second kappa shape index (κ2) is 15.5. The highest BCUT2D eigenvalue weighted by molar-refractivity contribution is 5.96. The summed E-state index contributed by atoms with van der Waals surface area (Å²) in [6.07, 6.45) is 20.6. The molecule has 0 spiro atoms. The van der Waals surface area contributed by atoms with Crippen molar-refractivity contribution in [3.63, 3.8) is 0 Å². The normalized spacial score (nSPS) is 19.5. The van der Waals surface area contributed by atoms with Crippen molar-refractivity contribution in [2.24, 2.45) is 0 Å². The Balaban J connectivity index is 1.09. The number of rotatable bonds is 7. The zero-order chi connectivity index (χ0) is 41.3. The van der Waals surface area contributed by atoms with Gasteiger partial charge in [0, 0.05) is 27.8 Å². The first-order valence-electron chi connectivity index (χ1n) is 24.3. The Morgan fingerprint density at radius 3 is 1.51 bits per heavy atom. The maximum atomic E-state index is 2.75. The van der Waals surface area contributed by atoms with Gasteiger partial charge in [-0.2, -0.15) is 0 Å². The molecular formula is C60H65N. The van der Waals surface area contributed by atoms with Gasteiger partial charge in [0.1, 0.15) is 0 Å². The van der Waals surface area contributed by atoms with Crippen LogP contribution in [0, 0.1) is 0 Å². The molecule has 5 aliphatic rings. The molecule has 0 bridgehead atoms. The molecule has 3 fully saturated rings. The smallest absolute Gasteiger partial charge is 0.0543 e. The first-order chi connectivity index (χ1) is 29.8. The van der Waals surface area contributed by atoms with Crippen LogP contribution in [0.15, 0.2) is 121 Å². The maximum Gasteiger partial charge on any atom is 0.0543 e. The highest BCUT2D eigenvalue weighted by Crippen LogP contribution is 2.56. The van der Waals surface area contributed by atoms with Gasteiger partial charge in [-0.05, 0) is 153 Å². The molecule has 3 saturated carbocycles. The summed E-state index contributed by atoms with van der Waals surface area (Å²) in [6, 6.07) is 48.0. The van der Waals surface area contributed by atoms with Crippen molar-refractivity contribution in [1.82, 2.24) is 0 Å². The molecule has 11 rings (SSSR count). The molecule has 0 aromatic heterocycles. The second-order valence-electron chi connectivity index (χ2n) is 20.7. The van der Waals surface area contributed by atoms with Gasteiger partial charge in [-0.1, -0.05) is 176 Å². The third kappa shape index (κ3) is 6.55. The average Bonchev–Trinajstić information content (AvgIpc) is 3.69. The molecule has 6 aromatic rings. The van der Waals surface area contributed by atoms with Gasteiger partial charge in [-0.15, -0.1) is 0 Å². The Labute approximate surface area is 366 Å². The number of hydrogen-bond donors (Lipinski definition) is 0. The van der Waals surface area contributed by atoms with Crippen LogP contribution in [0.3, 0.4) is 0 Å². The summed E-state index contributed by atoms with van der Waals surface area (Å²) in [7, 11) is 0. The van der Waals surface area contributed by atoms with Gasteiger partial charge in [-0.3, -0.25) is 0 Å². The third-order valence-electron chi connectivity index (χ3n) is 16.5. The lowest BCUT2D eigenvalue weighted by Gasteiger charge is -2.33. The van der Waals surface area contributed by atoms with E-state index in [1.54, 1.807) is 22.3 Å². The van der Waals surface area contributed by atoms with Crippen molar-refractivity contribution in [2.45, 2.75) is 153 Å². The van der Waals surface area contributed by atoms with Crippen molar-refractivity contribution in [1.29, 1.82) is 0 Å². The molecule has 5 aliphatic carbocycles. The van der Waals surface area contributed by atoms with Crippen molar-refractivity contribution in [2.75, 3.05) is 4.90 Å². The van der Waals surface area contributed by atoms with Gasteiger partial charge < -0.3 is 4.90 Å². The number of fused-ring (bicyclic) bond motifs is 6. The largest absolute Gasteiger partial charge is 0.310 e. The van der Waals surface area contributed by atoms with Crippen molar-refractivity contribution in [3.8, 4) is 33.4 Å². The van der Waals surface area contributed by atoms with Crippen LogP contribution < -0.4 is 4.90 Å². The fraction of sp³-hybridized carbons (Fsp3) is 0.400. The van der Waals surface area contributed by atoms with E-state index in [9.17, 15) is 0 Å². The van der Waals surface area contributed by atoms with E-state index in [0.29, 0.717) is 11.8 Å². The highest BCUT2D eigenvalue weighted by atomic mass is 15.1. The molecule has 61 heavy (non-hydrogen) atoms. The molecule has 0 atom stereocenters. The van der Waals surface area contributed by atoms with Crippen LogP contribution in [0.4, 0.5) is 17.1 Å². The molecule has 1 nitrogen and oxygen atoms in total. The number of benzene rings is 6. The Morgan fingerprint density at radius 1 is 0.393 bits per heavy atom. The van der Waals surface area contributed by atoms with Crippen LogP contribution in [0.25, 0.3) is 33.4 Å². The Morgan fingerprint density at radius 2 is 0.885 bits per heavy atom. The van der Waals surface area contributed by atoms with Gasteiger partial charge in [0.05, 0.1) is 5.69 Å². The zero-order valence-corrected chi connectivity index (χ0v) is 37.3. The average molecular weight is 800 g/mol. The van der Waals surface area contributed by atoms with Gasteiger partial charge in [-0.25, -0.2) is 0 Å². The van der Waals surface area contributed by atoms with Crippen LogP contribution in [0.5, 0.6) is 0 Å². The summed E-state index contributed by atoms with van der Waals surface area (Å²) in [5.74, 6) is 2.07. The SMILES string of the molecule is CC1(C)c2ccccc2-c2ccc(N(c3ccc(-c4c(C5CCCCC5)cc(C5CCCCC5)cc4C4CCCCC4)cc3)c3cccc4c3-c3ccccc3C4(C)C)cc21. The van der Waals surface area contributed by atoms with E-state index >= 15 is 0 Å². The molecule has 310 valence electrons. The van der Waals surface area contributed by atoms with E-state index in [-0.39, 0.29) is 10.8 Å². The second-order valence-corrected chi connectivity index (χ2v) is 20.7. The molecule has 0 heterocycles. The predicted octanol–water partition coefficient (Wildman–Crippen LogP) is 17.6. The Bertz CT molecular complexity index is 2550. The molecule has 1 heteroatoms. The minimum Gasteiger partial charge on any atom is -0.310 e. The lowest BCUT2D eigenvalue weighted by atomic mass is 9.72. The quantitative estimate of drug-likeness (QED) is 0.155. The van der Waals surface area contributed by atoms with Gasteiger partial charge in [0.25, 0.3) is 0 Å². The monoisotopic (exact) mass is 800 g/mol. The minimum atomic E-state index is -0.0838. The van der Waals surface area contributed by atoms with E-state index in [1.165, 1.54) is 163 Å². The molecule has 0 unspecified atom stereocenters. The van der Waals surface area contributed by atoms with Crippen molar-refractivity contribution in [3.05, 3.63) is 160 Å². The molecule has 6 aromatic carbocycles. The van der Waals surface area contributed by atoms with Crippen LogP contribution in [0.2, 0.25) is 0 Å². The molecular weight excluding hydrogens is 735 g/mol. The zero-order valence-electron chi connectivity index (χ0n) is 37.3. The first kappa shape index (κ1) is 39.0.